The summed E-state index contributed by atoms with van der Waals surface area (Å²) in [5.41, 5.74) is 3.47. The number of benzene rings is 1. The number of rotatable bonds is 5. The largest absolute Gasteiger partial charge is 0.497 e. The van der Waals surface area contributed by atoms with Gasteiger partial charge in [-0.3, -0.25) is 0 Å². The summed E-state index contributed by atoms with van der Waals surface area (Å²) >= 11 is 0. The number of hydrogen-bond donors (Lipinski definition) is 1. The van der Waals surface area contributed by atoms with Gasteiger partial charge in [0.15, 0.2) is 0 Å². The van der Waals surface area contributed by atoms with Crippen LogP contribution in [0.15, 0.2) is 36.7 Å². The van der Waals surface area contributed by atoms with Crippen molar-refractivity contribution in [2.24, 2.45) is 0 Å². The number of nitrogens with zero attached hydrogens (tertiary/aromatic N) is 3. The first-order chi connectivity index (χ1) is 12.3. The van der Waals surface area contributed by atoms with Gasteiger partial charge in [0.2, 0.25) is 5.95 Å². The Labute approximate surface area is 146 Å². The predicted molar refractivity (Wildman–Crippen MR) is 97.3 cm³/mol. The van der Waals surface area contributed by atoms with Crippen molar-refractivity contribution < 1.29 is 9.47 Å². The van der Waals surface area contributed by atoms with Crippen LogP contribution in [-0.4, -0.2) is 48.4 Å². The summed E-state index contributed by atoms with van der Waals surface area (Å²) in [4.78, 5) is 14.7. The summed E-state index contributed by atoms with van der Waals surface area (Å²) < 4.78 is 10.7. The number of morpholine rings is 1. The molecule has 0 aliphatic carbocycles. The van der Waals surface area contributed by atoms with Crippen LogP contribution in [0.5, 0.6) is 5.75 Å². The monoisotopic (exact) mass is 338 g/mol. The Balaban J connectivity index is 1.49. The van der Waals surface area contributed by atoms with Crippen molar-refractivity contribution in [3.8, 4) is 5.75 Å². The van der Waals surface area contributed by atoms with Crippen molar-refractivity contribution in [1.29, 1.82) is 0 Å². The molecular weight excluding hydrogens is 316 g/mol. The van der Waals surface area contributed by atoms with Gasteiger partial charge in [-0.2, -0.15) is 0 Å². The Morgan fingerprint density at radius 3 is 2.92 bits per heavy atom. The maximum Gasteiger partial charge on any atom is 0.225 e. The zero-order chi connectivity index (χ0) is 17.1. The van der Waals surface area contributed by atoms with Crippen molar-refractivity contribution in [2.45, 2.75) is 12.8 Å². The highest BCUT2D eigenvalue weighted by Crippen LogP contribution is 2.24. The maximum absolute atomic E-state index is 5.40. The van der Waals surface area contributed by atoms with Gasteiger partial charge in [-0.05, 0) is 42.7 Å². The van der Waals surface area contributed by atoms with Crippen LogP contribution in [0.3, 0.4) is 0 Å². The molecule has 0 amide bonds. The highest BCUT2D eigenvalue weighted by Gasteiger charge is 2.14. The van der Waals surface area contributed by atoms with Gasteiger partial charge in [-0.1, -0.05) is 0 Å². The van der Waals surface area contributed by atoms with Crippen LogP contribution in [0.1, 0.15) is 11.3 Å². The average Bonchev–Trinajstić information content (AvgIpc) is 3.09. The molecule has 0 atom stereocenters. The molecule has 1 aliphatic rings. The number of aryl methyl sites for hydroxylation is 2. The van der Waals surface area contributed by atoms with Crippen molar-refractivity contribution >= 4 is 16.9 Å². The summed E-state index contributed by atoms with van der Waals surface area (Å²) in [6.07, 6.45) is 5.73. The van der Waals surface area contributed by atoms with Crippen LogP contribution < -0.4 is 9.64 Å². The van der Waals surface area contributed by atoms with E-state index in [4.69, 9.17) is 14.5 Å². The second kappa shape index (κ2) is 7.11. The lowest BCUT2D eigenvalue weighted by Crippen LogP contribution is -2.37. The van der Waals surface area contributed by atoms with Gasteiger partial charge in [-0.25, -0.2) is 9.97 Å². The van der Waals surface area contributed by atoms with E-state index in [1.165, 1.54) is 10.9 Å². The van der Waals surface area contributed by atoms with E-state index in [9.17, 15) is 0 Å². The van der Waals surface area contributed by atoms with Gasteiger partial charge in [0.1, 0.15) is 5.75 Å². The molecular formula is C19H22N4O2. The lowest BCUT2D eigenvalue weighted by atomic mass is 10.1. The Bertz CT molecular complexity index is 856. The van der Waals surface area contributed by atoms with E-state index >= 15 is 0 Å². The van der Waals surface area contributed by atoms with Gasteiger partial charge in [0, 0.05) is 42.1 Å². The zero-order valence-corrected chi connectivity index (χ0v) is 14.4. The van der Waals surface area contributed by atoms with Crippen molar-refractivity contribution in [3.05, 3.63) is 47.9 Å². The topological polar surface area (TPSA) is 63.3 Å². The summed E-state index contributed by atoms with van der Waals surface area (Å²) in [6, 6.07) is 8.11. The van der Waals surface area contributed by atoms with Gasteiger partial charge >= 0.3 is 0 Å². The minimum atomic E-state index is 0.741. The lowest BCUT2D eigenvalue weighted by molar-refractivity contribution is 0.122. The van der Waals surface area contributed by atoms with E-state index < -0.39 is 0 Å². The molecule has 1 N–H and O–H groups in total. The lowest BCUT2D eigenvalue weighted by Gasteiger charge is -2.26. The smallest absolute Gasteiger partial charge is 0.225 e. The molecule has 0 spiro atoms. The molecule has 4 rings (SSSR count). The highest BCUT2D eigenvalue weighted by molar-refractivity contribution is 5.84. The van der Waals surface area contributed by atoms with Crippen LogP contribution in [0.4, 0.5) is 5.95 Å². The Hall–Kier alpha value is -2.60. The van der Waals surface area contributed by atoms with Gasteiger partial charge < -0.3 is 19.4 Å². The van der Waals surface area contributed by atoms with Crippen LogP contribution in [0.2, 0.25) is 0 Å². The normalized spacial score (nSPS) is 14.8. The molecule has 1 aromatic carbocycles. The summed E-state index contributed by atoms with van der Waals surface area (Å²) in [7, 11) is 1.70. The van der Waals surface area contributed by atoms with E-state index in [-0.39, 0.29) is 0 Å². The van der Waals surface area contributed by atoms with E-state index in [1.54, 1.807) is 7.11 Å². The number of methoxy groups -OCH3 is 1. The van der Waals surface area contributed by atoms with E-state index in [0.29, 0.717) is 0 Å². The average molecular weight is 338 g/mol. The second-order valence-corrected chi connectivity index (χ2v) is 6.17. The van der Waals surface area contributed by atoms with Gasteiger partial charge in [-0.15, -0.1) is 0 Å². The Kier molecular flexibility index (Phi) is 4.52. The number of hydrogen-bond acceptors (Lipinski definition) is 5. The molecule has 25 heavy (non-hydrogen) atoms. The molecule has 6 nitrogen and oxygen atoms in total. The third kappa shape index (κ3) is 3.44. The van der Waals surface area contributed by atoms with Crippen LogP contribution in [0, 0.1) is 0 Å². The molecule has 0 saturated carbocycles. The molecule has 1 aliphatic heterocycles. The molecule has 130 valence electrons. The van der Waals surface area contributed by atoms with Gasteiger partial charge in [0.25, 0.3) is 0 Å². The number of ether oxygens (including phenoxy) is 2. The molecule has 3 aromatic rings. The number of nitrogens with one attached hydrogen (secondary N) is 1. The van der Waals surface area contributed by atoms with Crippen molar-refractivity contribution in [3.63, 3.8) is 0 Å². The summed E-state index contributed by atoms with van der Waals surface area (Å²) in [5.74, 6) is 1.69. The summed E-state index contributed by atoms with van der Waals surface area (Å²) in [5, 5.41) is 1.21. The molecule has 0 bridgehead atoms. The molecule has 0 radical (unpaired) electrons. The SMILES string of the molecule is COc1ccc2[nH]cc(CCc3ccnc(N4CCOCC4)n3)c2c1. The number of anilines is 1. The number of aromatic amines is 1. The quantitative estimate of drug-likeness (QED) is 0.775. The number of fused-ring (bicyclic) bond motifs is 1. The predicted octanol–water partition coefficient (Wildman–Crippen LogP) is 2.59. The Morgan fingerprint density at radius 2 is 2.08 bits per heavy atom. The first-order valence-electron chi connectivity index (χ1n) is 8.62. The highest BCUT2D eigenvalue weighted by atomic mass is 16.5. The second-order valence-electron chi connectivity index (χ2n) is 6.17. The summed E-state index contributed by atoms with van der Waals surface area (Å²) in [6.45, 7) is 3.19. The van der Waals surface area contributed by atoms with E-state index in [0.717, 1.165) is 62.1 Å². The van der Waals surface area contributed by atoms with Crippen molar-refractivity contribution in [1.82, 2.24) is 15.0 Å². The fourth-order valence-corrected chi connectivity index (χ4v) is 3.19. The first-order valence-corrected chi connectivity index (χ1v) is 8.62. The van der Waals surface area contributed by atoms with E-state index in [2.05, 4.69) is 33.2 Å². The number of H-pyrrole nitrogens is 1. The molecule has 1 saturated heterocycles. The molecule has 3 heterocycles. The van der Waals surface area contributed by atoms with E-state index in [1.807, 2.05) is 18.3 Å². The fourth-order valence-electron chi connectivity index (χ4n) is 3.19. The van der Waals surface area contributed by atoms with Crippen molar-refractivity contribution in [2.75, 3.05) is 38.3 Å². The van der Waals surface area contributed by atoms with Crippen LogP contribution in [-0.2, 0) is 17.6 Å². The zero-order valence-electron chi connectivity index (χ0n) is 14.4. The van der Waals surface area contributed by atoms with Crippen LogP contribution >= 0.6 is 0 Å². The molecule has 6 heteroatoms. The third-order valence-electron chi connectivity index (χ3n) is 4.62. The Morgan fingerprint density at radius 1 is 1.20 bits per heavy atom. The standard InChI is InChI=1S/C19H22N4O2/c1-24-16-4-5-18-17(12-16)14(13-21-18)2-3-15-6-7-20-19(22-15)23-8-10-25-11-9-23/h4-7,12-13,21H,2-3,8-11H2,1H3. The minimum Gasteiger partial charge on any atom is -0.497 e. The third-order valence-corrected chi connectivity index (χ3v) is 4.62. The molecule has 1 fully saturated rings. The first kappa shape index (κ1) is 15.9. The minimum absolute atomic E-state index is 0.741. The number of aromatic nitrogens is 3. The van der Waals surface area contributed by atoms with Gasteiger partial charge in [0.05, 0.1) is 20.3 Å². The maximum atomic E-state index is 5.40. The molecule has 2 aromatic heterocycles. The fraction of sp³-hybridized carbons (Fsp3) is 0.368. The van der Waals surface area contributed by atoms with Crippen LogP contribution in [0.25, 0.3) is 10.9 Å². The molecule has 0 unspecified atom stereocenters.